The van der Waals surface area contributed by atoms with Gasteiger partial charge in [0.2, 0.25) is 0 Å². The summed E-state index contributed by atoms with van der Waals surface area (Å²) in [4.78, 5) is 0. The molecule has 1 aromatic heterocycles. The maximum absolute atomic E-state index is 12.4. The Balaban J connectivity index is 3.08. The van der Waals surface area contributed by atoms with Gasteiger partial charge >= 0.3 is 7.60 Å². The molecule has 15 heavy (non-hydrogen) atoms. The van der Waals surface area contributed by atoms with Crippen molar-refractivity contribution < 1.29 is 13.6 Å². The third-order valence-electron chi connectivity index (χ3n) is 1.91. The van der Waals surface area contributed by atoms with Crippen LogP contribution in [0.15, 0.2) is 6.07 Å². The molecule has 0 aliphatic heterocycles. The first-order chi connectivity index (χ1) is 7.03. The van der Waals surface area contributed by atoms with Crippen LogP contribution in [0.3, 0.4) is 0 Å². The van der Waals surface area contributed by atoms with Crippen LogP contribution in [0, 0.1) is 0 Å². The molecule has 0 aromatic carbocycles. The highest BCUT2D eigenvalue weighted by Crippen LogP contribution is 2.46. The molecular formula is C8H15B2O3PS. The zero-order chi connectivity index (χ0) is 11.5. The predicted molar refractivity (Wildman–Crippen MR) is 71.2 cm³/mol. The Bertz CT molecular complexity index is 370. The van der Waals surface area contributed by atoms with Gasteiger partial charge in [-0.2, -0.15) is 11.3 Å². The number of hydrogen-bond donors (Lipinski definition) is 0. The summed E-state index contributed by atoms with van der Waals surface area (Å²) in [6.07, 6.45) is 0. The van der Waals surface area contributed by atoms with Gasteiger partial charge in [-0.1, -0.05) is 0 Å². The van der Waals surface area contributed by atoms with E-state index in [1.54, 1.807) is 11.3 Å². The SMILES string of the molecule is Bc1cc(P(=O)(OCC)OCC)c(B)s1. The van der Waals surface area contributed by atoms with E-state index in [9.17, 15) is 4.57 Å². The zero-order valence-corrected chi connectivity index (χ0v) is 11.3. The summed E-state index contributed by atoms with van der Waals surface area (Å²) in [5, 5.41) is 0.716. The first-order valence-electron chi connectivity index (χ1n) is 5.00. The van der Waals surface area contributed by atoms with Crippen LogP contribution in [0.2, 0.25) is 0 Å². The standard InChI is InChI=1S/C8H15B2O3PS/c1-3-12-14(11,13-4-2)6-5-7(9)15-8(6)10/h5H,3-4,9-10H2,1-2H3. The third kappa shape index (κ3) is 2.97. The molecule has 0 amide bonds. The van der Waals surface area contributed by atoms with Gasteiger partial charge in [-0.3, -0.25) is 4.57 Å². The van der Waals surface area contributed by atoms with Gasteiger partial charge in [0, 0.05) is 0 Å². The van der Waals surface area contributed by atoms with Crippen LogP contribution in [0.25, 0.3) is 0 Å². The van der Waals surface area contributed by atoms with Crippen molar-refractivity contribution in [3.63, 3.8) is 0 Å². The van der Waals surface area contributed by atoms with Gasteiger partial charge in [0.05, 0.1) is 18.5 Å². The summed E-state index contributed by atoms with van der Waals surface area (Å²) >= 11 is 1.62. The van der Waals surface area contributed by atoms with Crippen molar-refractivity contribution in [1.29, 1.82) is 0 Å². The maximum Gasteiger partial charge on any atom is 0.361 e. The molecule has 0 fully saturated rings. The van der Waals surface area contributed by atoms with Crippen molar-refractivity contribution in [1.82, 2.24) is 0 Å². The minimum absolute atomic E-state index is 0.394. The van der Waals surface area contributed by atoms with Gasteiger partial charge in [-0.25, -0.2) is 0 Å². The van der Waals surface area contributed by atoms with E-state index in [0.29, 0.717) is 18.5 Å². The summed E-state index contributed by atoms with van der Waals surface area (Å²) in [5.74, 6) is 0. The fourth-order valence-corrected chi connectivity index (χ4v) is 4.56. The van der Waals surface area contributed by atoms with Crippen molar-refractivity contribution >= 4 is 49.5 Å². The Morgan fingerprint density at radius 1 is 1.33 bits per heavy atom. The Hall–Kier alpha value is -0.0201. The van der Waals surface area contributed by atoms with E-state index in [1.807, 2.05) is 35.6 Å². The summed E-state index contributed by atoms with van der Waals surface area (Å²) in [6.45, 7) is 4.43. The molecule has 0 unspecified atom stereocenters. The first-order valence-corrected chi connectivity index (χ1v) is 7.36. The Labute approximate surface area is 96.5 Å². The van der Waals surface area contributed by atoms with E-state index >= 15 is 0 Å². The molecule has 3 nitrogen and oxygen atoms in total. The first kappa shape index (κ1) is 13.0. The molecule has 0 spiro atoms. The molecule has 1 aromatic rings. The lowest BCUT2D eigenvalue weighted by Gasteiger charge is -2.16. The summed E-state index contributed by atoms with van der Waals surface area (Å²) in [6, 6.07) is 1.89. The van der Waals surface area contributed by atoms with Crippen LogP contribution in [0.4, 0.5) is 0 Å². The van der Waals surface area contributed by atoms with Crippen molar-refractivity contribution in [2.24, 2.45) is 0 Å². The number of hydrogen-bond acceptors (Lipinski definition) is 4. The van der Waals surface area contributed by atoms with Gasteiger partial charge < -0.3 is 9.05 Å². The quantitative estimate of drug-likeness (QED) is 0.500. The van der Waals surface area contributed by atoms with Gasteiger partial charge in [0.1, 0.15) is 0 Å². The van der Waals surface area contributed by atoms with E-state index < -0.39 is 7.60 Å². The molecule has 0 N–H and O–H groups in total. The average Bonchev–Trinajstić information content (AvgIpc) is 2.46. The second-order valence-corrected chi connectivity index (χ2v) is 6.59. The fourth-order valence-electron chi connectivity index (χ4n) is 1.41. The van der Waals surface area contributed by atoms with Gasteiger partial charge in [0.25, 0.3) is 0 Å². The minimum Gasteiger partial charge on any atom is -0.305 e. The molecule has 0 saturated heterocycles. The highest BCUT2D eigenvalue weighted by atomic mass is 32.1. The largest absolute Gasteiger partial charge is 0.361 e. The van der Waals surface area contributed by atoms with Crippen LogP contribution in [-0.4, -0.2) is 28.9 Å². The van der Waals surface area contributed by atoms with Crippen LogP contribution < -0.4 is 14.9 Å². The van der Waals surface area contributed by atoms with Crippen LogP contribution in [0.1, 0.15) is 13.8 Å². The predicted octanol–water partition coefficient (Wildman–Crippen LogP) is -0.844. The van der Waals surface area contributed by atoms with E-state index in [0.717, 1.165) is 9.55 Å². The Morgan fingerprint density at radius 3 is 2.20 bits per heavy atom. The molecule has 0 aliphatic rings. The molecule has 0 bridgehead atoms. The van der Waals surface area contributed by atoms with E-state index in [-0.39, 0.29) is 0 Å². The third-order valence-corrected chi connectivity index (χ3v) is 5.28. The van der Waals surface area contributed by atoms with Crippen molar-refractivity contribution in [3.8, 4) is 0 Å². The molecule has 1 heterocycles. The Morgan fingerprint density at radius 2 is 1.87 bits per heavy atom. The van der Waals surface area contributed by atoms with Crippen LogP contribution in [-0.2, 0) is 13.6 Å². The summed E-state index contributed by atoms with van der Waals surface area (Å²) in [5.41, 5.74) is 0. The van der Waals surface area contributed by atoms with Gasteiger partial charge in [-0.15, -0.1) is 0 Å². The van der Waals surface area contributed by atoms with E-state index in [1.165, 1.54) is 0 Å². The minimum atomic E-state index is -3.08. The fraction of sp³-hybridized carbons (Fsp3) is 0.500. The molecular weight excluding hydrogens is 229 g/mol. The van der Waals surface area contributed by atoms with Crippen LogP contribution >= 0.6 is 18.9 Å². The lowest BCUT2D eigenvalue weighted by atomic mass is 10.1. The van der Waals surface area contributed by atoms with Gasteiger partial charge in [0.15, 0.2) is 15.7 Å². The lowest BCUT2D eigenvalue weighted by molar-refractivity contribution is 0.230. The van der Waals surface area contributed by atoms with Crippen molar-refractivity contribution in [2.45, 2.75) is 13.8 Å². The molecule has 7 heteroatoms. The number of thiophene rings is 1. The average molecular weight is 244 g/mol. The van der Waals surface area contributed by atoms with Crippen molar-refractivity contribution in [2.75, 3.05) is 13.2 Å². The Kier molecular flexibility index (Phi) is 4.65. The summed E-state index contributed by atoms with van der Waals surface area (Å²) < 4.78 is 25.1. The smallest absolute Gasteiger partial charge is 0.305 e. The zero-order valence-electron chi connectivity index (χ0n) is 9.57. The van der Waals surface area contributed by atoms with Crippen LogP contribution in [0.5, 0.6) is 0 Å². The van der Waals surface area contributed by atoms with Crippen molar-refractivity contribution in [3.05, 3.63) is 6.07 Å². The molecule has 0 aliphatic carbocycles. The normalized spacial score (nSPS) is 11.9. The molecule has 1 rings (SSSR count). The molecule has 0 saturated carbocycles. The topological polar surface area (TPSA) is 35.5 Å². The molecule has 82 valence electrons. The lowest BCUT2D eigenvalue weighted by Crippen LogP contribution is -2.22. The second kappa shape index (κ2) is 5.35. The highest BCUT2D eigenvalue weighted by Gasteiger charge is 2.29. The highest BCUT2D eigenvalue weighted by molar-refractivity contribution is 7.64. The second-order valence-electron chi connectivity index (χ2n) is 3.13. The summed E-state index contributed by atoms with van der Waals surface area (Å²) in [7, 11) is 0.854. The van der Waals surface area contributed by atoms with E-state index in [4.69, 9.17) is 9.05 Å². The maximum atomic E-state index is 12.4. The monoisotopic (exact) mass is 244 g/mol. The molecule has 0 atom stereocenters. The number of rotatable bonds is 5. The van der Waals surface area contributed by atoms with E-state index in [2.05, 4.69) is 0 Å². The van der Waals surface area contributed by atoms with Gasteiger partial charge in [-0.05, 0) is 29.5 Å². The molecule has 0 radical (unpaired) electrons.